The number of nitrogens with zero attached hydrogens (tertiary/aromatic N) is 5. The summed E-state index contributed by atoms with van der Waals surface area (Å²) < 4.78 is 24.8. The Morgan fingerprint density at radius 2 is 1.95 bits per heavy atom. The number of aromatic nitrogens is 5. The van der Waals surface area contributed by atoms with E-state index in [9.17, 15) is 8.42 Å². The van der Waals surface area contributed by atoms with E-state index in [0.717, 1.165) is 0 Å². The Balaban J connectivity index is 2.02. The van der Waals surface area contributed by atoms with E-state index in [2.05, 4.69) is 20.6 Å². The number of benzene rings is 1. The van der Waals surface area contributed by atoms with Gasteiger partial charge >= 0.3 is 0 Å². The van der Waals surface area contributed by atoms with Gasteiger partial charge in [-0.2, -0.15) is 0 Å². The predicted molar refractivity (Wildman–Crippen MR) is 72.3 cm³/mol. The summed E-state index contributed by atoms with van der Waals surface area (Å²) in [5.74, 6) is 0. The van der Waals surface area contributed by atoms with E-state index in [-0.39, 0.29) is 4.90 Å². The van der Waals surface area contributed by atoms with E-state index < -0.39 is 9.84 Å². The molecule has 3 aromatic rings. The molecule has 1 aromatic carbocycles. The first-order valence-corrected chi connectivity index (χ1v) is 8.27. The molecule has 0 N–H and O–H groups in total. The summed E-state index contributed by atoms with van der Waals surface area (Å²) in [5, 5.41) is 15.8. The van der Waals surface area contributed by atoms with Crippen LogP contribution in [0.25, 0.3) is 5.65 Å². The van der Waals surface area contributed by atoms with Gasteiger partial charge in [-0.15, -0.1) is 14.8 Å². The molecule has 0 saturated heterocycles. The molecule has 0 unspecified atom stereocenters. The third-order valence-corrected chi connectivity index (χ3v) is 4.80. The highest BCUT2D eigenvalue weighted by atomic mass is 32.2. The molecule has 0 saturated carbocycles. The lowest BCUT2D eigenvalue weighted by atomic mass is 10.4. The van der Waals surface area contributed by atoms with Crippen LogP contribution in [-0.4, -0.2) is 39.9 Å². The standard InChI is InChI=1S/C11H9N5O2S2/c1-20(17,18)9-5-3-2-4-8(9)19-11-7-6-10-12-14-15-16(10)13-11/h2-7H,1H3. The molecule has 2 heterocycles. The van der Waals surface area contributed by atoms with Crippen molar-refractivity contribution in [1.82, 2.24) is 25.3 Å². The van der Waals surface area contributed by atoms with Crippen molar-refractivity contribution in [1.29, 1.82) is 0 Å². The summed E-state index contributed by atoms with van der Waals surface area (Å²) in [6.07, 6.45) is 1.18. The van der Waals surface area contributed by atoms with Crippen LogP contribution in [-0.2, 0) is 9.84 Å². The Bertz CT molecular complexity index is 875. The SMILES string of the molecule is CS(=O)(=O)c1ccccc1Sc1ccc2nnnn2n1. The molecule has 3 rings (SSSR count). The van der Waals surface area contributed by atoms with Gasteiger partial charge < -0.3 is 0 Å². The second-order valence-corrected chi connectivity index (χ2v) is 7.07. The van der Waals surface area contributed by atoms with Gasteiger partial charge in [0.1, 0.15) is 5.03 Å². The fraction of sp³-hybridized carbons (Fsp3) is 0.0909. The van der Waals surface area contributed by atoms with Gasteiger partial charge in [0, 0.05) is 11.2 Å². The van der Waals surface area contributed by atoms with Gasteiger partial charge in [0.05, 0.1) is 4.90 Å². The smallest absolute Gasteiger partial charge is 0.200 e. The number of hydrogen-bond acceptors (Lipinski definition) is 7. The van der Waals surface area contributed by atoms with Crippen LogP contribution < -0.4 is 0 Å². The first-order chi connectivity index (χ1) is 9.54. The molecule has 0 spiro atoms. The molecule has 7 nitrogen and oxygen atoms in total. The van der Waals surface area contributed by atoms with Crippen LogP contribution in [0.2, 0.25) is 0 Å². The van der Waals surface area contributed by atoms with Crippen LogP contribution in [0, 0.1) is 0 Å². The molecule has 9 heteroatoms. The van der Waals surface area contributed by atoms with E-state index in [0.29, 0.717) is 15.6 Å². The van der Waals surface area contributed by atoms with Crippen molar-refractivity contribution in [2.24, 2.45) is 0 Å². The number of sulfone groups is 1. The first-order valence-electron chi connectivity index (χ1n) is 5.56. The molecule has 0 aliphatic rings. The molecule has 0 fully saturated rings. The van der Waals surface area contributed by atoms with Crippen LogP contribution in [0.3, 0.4) is 0 Å². The van der Waals surface area contributed by atoms with Gasteiger partial charge in [-0.05, 0) is 34.7 Å². The molecule has 0 amide bonds. The second-order valence-electron chi connectivity index (χ2n) is 4.02. The van der Waals surface area contributed by atoms with Gasteiger partial charge in [0.2, 0.25) is 0 Å². The molecule has 0 aliphatic heterocycles. The Kier molecular flexibility index (Phi) is 3.14. The monoisotopic (exact) mass is 307 g/mol. The third kappa shape index (κ3) is 2.49. The zero-order valence-corrected chi connectivity index (χ0v) is 12.0. The van der Waals surface area contributed by atoms with Gasteiger partial charge in [-0.25, -0.2) is 8.42 Å². The van der Waals surface area contributed by atoms with Crippen molar-refractivity contribution in [3.63, 3.8) is 0 Å². The van der Waals surface area contributed by atoms with Crippen LogP contribution in [0.15, 0.2) is 51.2 Å². The van der Waals surface area contributed by atoms with Gasteiger partial charge in [0.15, 0.2) is 15.5 Å². The Morgan fingerprint density at radius 3 is 2.75 bits per heavy atom. The highest BCUT2D eigenvalue weighted by Gasteiger charge is 2.14. The summed E-state index contributed by atoms with van der Waals surface area (Å²) >= 11 is 1.25. The number of rotatable bonds is 3. The van der Waals surface area contributed by atoms with Crippen LogP contribution >= 0.6 is 11.8 Å². The Morgan fingerprint density at radius 1 is 1.15 bits per heavy atom. The fourth-order valence-electron chi connectivity index (χ4n) is 1.64. The maximum atomic E-state index is 11.7. The van der Waals surface area contributed by atoms with Crippen LogP contribution in [0.4, 0.5) is 0 Å². The van der Waals surface area contributed by atoms with E-state index in [1.807, 2.05) is 0 Å². The minimum absolute atomic E-state index is 0.281. The average Bonchev–Trinajstić information content (AvgIpc) is 2.85. The minimum atomic E-state index is -3.28. The largest absolute Gasteiger partial charge is 0.224 e. The number of hydrogen-bond donors (Lipinski definition) is 0. The van der Waals surface area contributed by atoms with Crippen molar-refractivity contribution < 1.29 is 8.42 Å². The predicted octanol–water partition coefficient (Wildman–Crippen LogP) is 1.07. The lowest BCUT2D eigenvalue weighted by molar-refractivity contribution is 0.600. The van der Waals surface area contributed by atoms with Crippen LogP contribution in [0.1, 0.15) is 0 Å². The summed E-state index contributed by atoms with van der Waals surface area (Å²) in [6, 6.07) is 10.3. The molecule has 0 bridgehead atoms. The molecular weight excluding hydrogens is 298 g/mol. The first kappa shape index (κ1) is 13.0. The second kappa shape index (κ2) is 4.84. The van der Waals surface area contributed by atoms with E-state index in [1.54, 1.807) is 36.4 Å². The molecule has 0 aliphatic carbocycles. The van der Waals surface area contributed by atoms with E-state index in [4.69, 9.17) is 0 Å². The molecule has 0 radical (unpaired) electrons. The number of tetrazole rings is 1. The molecular formula is C11H9N5O2S2. The quantitative estimate of drug-likeness (QED) is 0.715. The van der Waals surface area contributed by atoms with E-state index in [1.165, 1.54) is 22.6 Å². The lowest BCUT2D eigenvalue weighted by Crippen LogP contribution is -2.00. The van der Waals surface area contributed by atoms with Gasteiger partial charge in [-0.1, -0.05) is 23.9 Å². The summed E-state index contributed by atoms with van der Waals surface area (Å²) in [5.41, 5.74) is 0.533. The maximum Gasteiger partial charge on any atom is 0.200 e. The van der Waals surface area contributed by atoms with Crippen molar-refractivity contribution in [3.05, 3.63) is 36.4 Å². The maximum absolute atomic E-state index is 11.7. The fourth-order valence-corrected chi connectivity index (χ4v) is 3.77. The van der Waals surface area contributed by atoms with Crippen molar-refractivity contribution >= 4 is 27.2 Å². The highest BCUT2D eigenvalue weighted by Crippen LogP contribution is 2.31. The zero-order chi connectivity index (χ0) is 14.2. The molecule has 20 heavy (non-hydrogen) atoms. The third-order valence-electron chi connectivity index (χ3n) is 2.51. The molecule has 2 aromatic heterocycles. The summed E-state index contributed by atoms with van der Waals surface area (Å²) in [4.78, 5) is 0.901. The topological polar surface area (TPSA) is 90.1 Å². The Labute approximate surface area is 118 Å². The van der Waals surface area contributed by atoms with Crippen LogP contribution in [0.5, 0.6) is 0 Å². The zero-order valence-electron chi connectivity index (χ0n) is 10.3. The summed E-state index contributed by atoms with van der Waals surface area (Å²) in [6.45, 7) is 0. The van der Waals surface area contributed by atoms with Crippen molar-refractivity contribution in [2.45, 2.75) is 14.8 Å². The minimum Gasteiger partial charge on any atom is -0.224 e. The Hall–Kier alpha value is -2.00. The molecule has 0 atom stereocenters. The lowest BCUT2D eigenvalue weighted by Gasteiger charge is -2.06. The van der Waals surface area contributed by atoms with Crippen molar-refractivity contribution in [3.8, 4) is 0 Å². The number of fused-ring (bicyclic) bond motifs is 1. The van der Waals surface area contributed by atoms with E-state index >= 15 is 0 Å². The average molecular weight is 307 g/mol. The summed E-state index contributed by atoms with van der Waals surface area (Å²) in [7, 11) is -3.28. The van der Waals surface area contributed by atoms with Crippen molar-refractivity contribution in [2.75, 3.05) is 6.26 Å². The van der Waals surface area contributed by atoms with Gasteiger partial charge in [0.25, 0.3) is 0 Å². The normalized spacial score (nSPS) is 11.8. The van der Waals surface area contributed by atoms with Gasteiger partial charge in [-0.3, -0.25) is 0 Å². The highest BCUT2D eigenvalue weighted by molar-refractivity contribution is 8.00. The molecule has 102 valence electrons.